The number of nitrogens with zero attached hydrogens (tertiary/aromatic N) is 1. The number of hydrogen-bond acceptors (Lipinski definition) is 3. The van der Waals surface area contributed by atoms with E-state index in [-0.39, 0.29) is 30.7 Å². The molecule has 0 aromatic heterocycles. The topological polar surface area (TPSA) is 80.5 Å². The maximum atomic E-state index is 13.2. The molecule has 1 saturated carbocycles. The smallest absolute Gasteiger partial charge is 0.369 e. The number of sulfonamides is 1. The third-order valence-corrected chi connectivity index (χ3v) is 5.68. The van der Waals surface area contributed by atoms with Gasteiger partial charge in [-0.15, -0.1) is 0 Å². The Balaban J connectivity index is 2.47. The fraction of sp³-hybridized carbons (Fsp3) is 0.533. The van der Waals surface area contributed by atoms with Gasteiger partial charge in [0.25, 0.3) is 0 Å². The van der Waals surface area contributed by atoms with Crippen molar-refractivity contribution in [3.8, 4) is 0 Å². The molecule has 0 aliphatic heterocycles. The third-order valence-electron chi connectivity index (χ3n) is 3.96. The number of primary amides is 1. The number of rotatable bonds is 7. The molecule has 1 amide bonds. The van der Waals surface area contributed by atoms with E-state index in [9.17, 15) is 39.6 Å². The number of nitrogens with two attached hydrogens (primary N) is 1. The van der Waals surface area contributed by atoms with Gasteiger partial charge in [0.2, 0.25) is 15.9 Å². The van der Waals surface area contributed by atoms with Crippen LogP contribution in [0.25, 0.3) is 0 Å². The quantitative estimate of drug-likeness (QED) is 0.692. The predicted octanol–water partition coefficient (Wildman–Crippen LogP) is 2.75. The van der Waals surface area contributed by atoms with Crippen LogP contribution in [0.4, 0.5) is 26.3 Å². The van der Waals surface area contributed by atoms with E-state index in [1.165, 1.54) is 0 Å². The molecule has 0 bridgehead atoms. The highest BCUT2D eigenvalue weighted by Gasteiger charge is 2.39. The summed E-state index contributed by atoms with van der Waals surface area (Å²) >= 11 is 0. The van der Waals surface area contributed by atoms with E-state index in [2.05, 4.69) is 0 Å². The summed E-state index contributed by atoms with van der Waals surface area (Å²) < 4.78 is 103. The summed E-state index contributed by atoms with van der Waals surface area (Å²) in [6.45, 7) is -1.13. The lowest BCUT2D eigenvalue weighted by molar-refractivity contribution is -0.142. The highest BCUT2D eigenvalue weighted by Crippen LogP contribution is 2.38. The Morgan fingerprint density at radius 3 is 2.15 bits per heavy atom. The van der Waals surface area contributed by atoms with Crippen molar-refractivity contribution in [2.45, 2.75) is 31.7 Å². The minimum Gasteiger partial charge on any atom is -0.369 e. The second-order valence-corrected chi connectivity index (χ2v) is 8.29. The van der Waals surface area contributed by atoms with E-state index in [1.807, 2.05) is 0 Å². The second kappa shape index (κ2) is 7.30. The second-order valence-electron chi connectivity index (χ2n) is 6.33. The lowest BCUT2D eigenvalue weighted by atomic mass is 10.0. The molecule has 2 rings (SSSR count). The molecule has 1 fully saturated rings. The van der Waals surface area contributed by atoms with Gasteiger partial charge in [0.15, 0.2) is 0 Å². The van der Waals surface area contributed by atoms with Crippen LogP contribution >= 0.6 is 0 Å². The van der Waals surface area contributed by atoms with Gasteiger partial charge >= 0.3 is 12.4 Å². The van der Waals surface area contributed by atoms with Crippen molar-refractivity contribution in [1.29, 1.82) is 0 Å². The van der Waals surface area contributed by atoms with Crippen LogP contribution in [0.3, 0.4) is 0 Å². The number of carbonyl (C=O) groups is 1. The Bertz CT molecular complexity index is 816. The van der Waals surface area contributed by atoms with Crippen LogP contribution in [0, 0.1) is 5.92 Å². The first-order valence-corrected chi connectivity index (χ1v) is 9.34. The average Bonchev–Trinajstić information content (AvgIpc) is 3.27. The zero-order valence-electron chi connectivity index (χ0n) is 13.8. The molecule has 0 saturated heterocycles. The van der Waals surface area contributed by atoms with Gasteiger partial charge < -0.3 is 5.73 Å². The number of carbonyl (C=O) groups excluding carboxylic acids is 1. The van der Waals surface area contributed by atoms with Crippen molar-refractivity contribution in [2.24, 2.45) is 11.7 Å². The summed E-state index contributed by atoms with van der Waals surface area (Å²) in [5.41, 5.74) is 1.32. The molecular formula is C15H16F6N2O3S. The normalized spacial score (nSPS) is 16.0. The predicted molar refractivity (Wildman–Crippen MR) is 82.6 cm³/mol. The van der Waals surface area contributed by atoms with E-state index < -0.39 is 57.3 Å². The van der Waals surface area contributed by atoms with E-state index in [1.54, 1.807) is 0 Å². The largest absolute Gasteiger partial charge is 0.416 e. The Hall–Kier alpha value is -1.82. The first-order chi connectivity index (χ1) is 12.2. The van der Waals surface area contributed by atoms with Crippen molar-refractivity contribution < 1.29 is 39.6 Å². The van der Waals surface area contributed by atoms with Crippen LogP contribution < -0.4 is 5.73 Å². The first kappa shape index (κ1) is 21.5. The Morgan fingerprint density at radius 1 is 1.11 bits per heavy atom. The molecule has 1 aromatic carbocycles. The van der Waals surface area contributed by atoms with Crippen molar-refractivity contribution in [1.82, 2.24) is 4.31 Å². The third kappa shape index (κ3) is 5.83. The van der Waals surface area contributed by atoms with Gasteiger partial charge in [0, 0.05) is 13.1 Å². The molecule has 0 atom stereocenters. The van der Waals surface area contributed by atoms with Gasteiger partial charge in [0.1, 0.15) is 5.75 Å². The van der Waals surface area contributed by atoms with Gasteiger partial charge in [-0.2, -0.15) is 30.6 Å². The molecule has 152 valence electrons. The fourth-order valence-electron chi connectivity index (χ4n) is 2.50. The molecule has 0 radical (unpaired) electrons. The summed E-state index contributed by atoms with van der Waals surface area (Å²) in [4.78, 5) is 11.0. The highest BCUT2D eigenvalue weighted by molar-refractivity contribution is 7.89. The summed E-state index contributed by atoms with van der Waals surface area (Å²) in [5, 5.41) is 0. The SMILES string of the molecule is NC(=O)CS(=O)(=O)N(Cc1cc(C(F)(F)F)ccc1C(F)(F)F)CC1CC1. The van der Waals surface area contributed by atoms with Crippen LogP contribution in [0.2, 0.25) is 0 Å². The molecule has 1 aliphatic rings. The van der Waals surface area contributed by atoms with Crippen LogP contribution in [-0.2, 0) is 33.7 Å². The van der Waals surface area contributed by atoms with Crippen molar-refractivity contribution >= 4 is 15.9 Å². The molecule has 5 nitrogen and oxygen atoms in total. The Labute approximate surface area is 151 Å². The van der Waals surface area contributed by atoms with E-state index in [0.717, 1.165) is 0 Å². The monoisotopic (exact) mass is 418 g/mol. The zero-order chi connectivity index (χ0) is 20.6. The molecule has 1 aliphatic carbocycles. The van der Waals surface area contributed by atoms with Crippen LogP contribution in [0.15, 0.2) is 18.2 Å². The number of hydrogen-bond donors (Lipinski definition) is 1. The zero-order valence-corrected chi connectivity index (χ0v) is 14.6. The molecule has 2 N–H and O–H groups in total. The van der Waals surface area contributed by atoms with Gasteiger partial charge in [0.05, 0.1) is 11.1 Å². The Kier molecular flexibility index (Phi) is 5.81. The van der Waals surface area contributed by atoms with Crippen molar-refractivity contribution in [3.05, 3.63) is 34.9 Å². The van der Waals surface area contributed by atoms with Crippen LogP contribution in [-0.4, -0.2) is 30.9 Å². The fourth-order valence-corrected chi connectivity index (χ4v) is 3.82. The van der Waals surface area contributed by atoms with Gasteiger partial charge in [-0.25, -0.2) is 8.42 Å². The molecular weight excluding hydrogens is 402 g/mol. The summed E-state index contributed by atoms with van der Waals surface area (Å²) in [7, 11) is -4.38. The number of alkyl halides is 6. The molecule has 27 heavy (non-hydrogen) atoms. The number of amides is 1. The van der Waals surface area contributed by atoms with Gasteiger partial charge in [-0.1, -0.05) is 0 Å². The minimum absolute atomic E-state index is 0.118. The van der Waals surface area contributed by atoms with Crippen molar-refractivity contribution in [2.75, 3.05) is 12.3 Å². The average molecular weight is 418 g/mol. The van der Waals surface area contributed by atoms with E-state index >= 15 is 0 Å². The Morgan fingerprint density at radius 2 is 1.70 bits per heavy atom. The first-order valence-electron chi connectivity index (χ1n) is 7.73. The number of benzene rings is 1. The summed E-state index contributed by atoms with van der Waals surface area (Å²) in [5.74, 6) is -2.47. The summed E-state index contributed by atoms with van der Waals surface area (Å²) in [6, 6.07) is 0.839. The van der Waals surface area contributed by atoms with Crippen LogP contribution in [0.5, 0.6) is 0 Å². The lowest BCUT2D eigenvalue weighted by Crippen LogP contribution is -2.38. The molecule has 0 spiro atoms. The minimum atomic E-state index is -4.97. The maximum Gasteiger partial charge on any atom is 0.416 e. The molecule has 1 aromatic rings. The summed E-state index contributed by atoms with van der Waals surface area (Å²) in [6.07, 6.45) is -8.60. The highest BCUT2D eigenvalue weighted by atomic mass is 32.2. The van der Waals surface area contributed by atoms with Crippen molar-refractivity contribution in [3.63, 3.8) is 0 Å². The van der Waals surface area contributed by atoms with E-state index in [4.69, 9.17) is 5.73 Å². The number of halogens is 6. The van der Waals surface area contributed by atoms with Gasteiger partial charge in [-0.05, 0) is 42.5 Å². The molecule has 12 heteroatoms. The lowest BCUT2D eigenvalue weighted by Gasteiger charge is -2.24. The van der Waals surface area contributed by atoms with Gasteiger partial charge in [-0.3, -0.25) is 4.79 Å². The molecule has 0 unspecified atom stereocenters. The maximum absolute atomic E-state index is 13.2. The standard InChI is InChI=1S/C15H16F6N2O3S/c16-14(17,18)11-3-4-12(15(19,20)21)10(5-11)7-23(6-9-1-2-9)27(25,26)8-13(22)24/h3-5,9H,1-2,6-8H2,(H2,22,24). The molecule has 0 heterocycles. The van der Waals surface area contributed by atoms with E-state index in [0.29, 0.717) is 17.1 Å². The van der Waals surface area contributed by atoms with Crippen LogP contribution in [0.1, 0.15) is 29.5 Å².